The molecular formula is C93H62Cl2F19N27O2. The van der Waals surface area contributed by atoms with Gasteiger partial charge in [0.15, 0.2) is 74.8 Å². The number of hydrogen-bond acceptors (Lipinski definition) is 24. The molecule has 0 saturated heterocycles. The molecule has 14 aromatic heterocycles. The molecule has 0 aliphatic heterocycles. The van der Waals surface area contributed by atoms with Crippen LogP contribution in [-0.4, -0.2) is 121 Å². The third-order valence-electron chi connectivity index (χ3n) is 20.2. The average Bonchev–Trinajstić information content (AvgIpc) is 1.61. The van der Waals surface area contributed by atoms with Gasteiger partial charge in [-0.15, -0.1) is 0 Å². The van der Waals surface area contributed by atoms with Crippen molar-refractivity contribution in [1.29, 1.82) is 0 Å². The standard InChI is InChI=1S/C19H13ClF3N5O.C19H13ClF3N5.C19H13F4N5.C18H10F6N6.C18H13F3N6O/c1-29-15-7-6-11(10-12(15)20)25-16-8-9-24-18(27-16)28-14-5-3-2-4-13(14)26-17(28)19(21,22)23;2*1-11-5-7-12(8-6-11)25-17-13(20)10-24-18(27-17)15-16(19(21,22)23)26-14-4-2-3-9-28(14)15;19-17(20,21)10-1-3-11(4-2-10)27-12-5-6-26-16(28-12)14-15(18(22,23)24)29-13-9-25-7-8-30(13)14;1-28-12-4-2-11(3-5-12)24-13-6-7-23-17(25-13)15-16(18(19,20)21)26-14-10-22-8-9-27(14)15/h2-10H,1H3,(H,24,25,27);2*2-10H,1H3,(H,24,25,27);1-9H,(H,26,27,28);2-10H,1H3,(H,23,24,25). The second-order valence-electron chi connectivity index (χ2n) is 30.0. The predicted molar refractivity (Wildman–Crippen MR) is 488 cm³/mol. The number of nitrogens with one attached hydrogen (secondary N) is 5. The Labute approximate surface area is 801 Å². The number of hydrogen-bond donors (Lipinski definition) is 5. The highest BCUT2D eigenvalue weighted by atomic mass is 35.5. The van der Waals surface area contributed by atoms with Gasteiger partial charge in [-0.25, -0.2) is 74.2 Å². The summed E-state index contributed by atoms with van der Waals surface area (Å²) >= 11 is 12.3. The van der Waals surface area contributed by atoms with Gasteiger partial charge in [0.25, 0.3) is 0 Å². The maximum Gasteiger partial charge on any atom is 0.450 e. The van der Waals surface area contributed by atoms with Crippen LogP contribution < -0.4 is 36.1 Å². The van der Waals surface area contributed by atoms with Crippen molar-refractivity contribution in [1.82, 2.24) is 107 Å². The largest absolute Gasteiger partial charge is 0.497 e. The van der Waals surface area contributed by atoms with Gasteiger partial charge in [-0.2, -0.15) is 84.0 Å². The lowest BCUT2D eigenvalue weighted by molar-refractivity contribution is -0.146. The van der Waals surface area contributed by atoms with Crippen LogP contribution in [0.2, 0.25) is 10.0 Å². The number of fused-ring (bicyclic) bond motifs is 5. The zero-order valence-electron chi connectivity index (χ0n) is 73.1. The molecule has 0 atom stereocenters. The van der Waals surface area contributed by atoms with E-state index in [2.05, 4.69) is 111 Å². The fourth-order valence-corrected chi connectivity index (χ4v) is 14.2. The summed E-state index contributed by atoms with van der Waals surface area (Å²) in [5.41, 5.74) is -0.890. The maximum atomic E-state index is 14.2. The summed E-state index contributed by atoms with van der Waals surface area (Å²) in [5.74, 6) is -0.947. The molecule has 0 saturated carbocycles. The monoisotopic (exact) mass is 2020 g/mol. The molecule has 0 spiro atoms. The first-order valence-electron chi connectivity index (χ1n) is 41.2. The Hall–Kier alpha value is -17.3. The molecule has 20 aromatic rings. The SMILES string of the molecule is COc1ccc(Nc2ccnc(-c3c(C(F)(F)F)nc4cnccn34)n2)cc1.COc1ccc(Nc2ccnc(-n3c(C(F)(F)F)nc4ccccc43)n2)cc1Cl.Cc1ccc(Nc2nc(-c3c(C(F)(F)F)nc4ccccn34)ncc2Cl)cc1.Cc1ccc(Nc2nc(-c3c(C(F)(F)F)nc4ccccn34)ncc2F)cc1.FC(F)(F)c1ccc(Nc2ccnc(-c3c(C(F)(F)F)nc4cnccn34)n2)cc1. The van der Waals surface area contributed by atoms with E-state index in [1.54, 1.807) is 104 Å². The molecule has 143 heavy (non-hydrogen) atoms. The Bertz CT molecular complexity index is 7790. The van der Waals surface area contributed by atoms with Crippen LogP contribution in [0.1, 0.15) is 45.3 Å². The smallest absolute Gasteiger partial charge is 0.450 e. The molecule has 20 rings (SSSR count). The summed E-state index contributed by atoms with van der Waals surface area (Å²) in [7, 11) is 3.06. The van der Waals surface area contributed by atoms with Gasteiger partial charge in [-0.3, -0.25) is 32.1 Å². The minimum absolute atomic E-state index is 0.0375. The van der Waals surface area contributed by atoms with Crippen LogP contribution in [0.5, 0.6) is 11.5 Å². The number of aryl methyl sites for hydroxylation is 2. The van der Waals surface area contributed by atoms with Gasteiger partial charge in [0, 0.05) is 84.2 Å². The molecule has 0 aliphatic rings. The number of nitrogens with zero attached hydrogens (tertiary/aromatic N) is 22. The normalized spacial score (nSPS) is 11.8. The van der Waals surface area contributed by atoms with E-state index in [0.717, 1.165) is 38.4 Å². The number of ether oxygens (including phenoxy) is 2. The highest BCUT2D eigenvalue weighted by Crippen LogP contribution is 2.44. The molecule has 0 fully saturated rings. The van der Waals surface area contributed by atoms with Crippen molar-refractivity contribution in [3.8, 4) is 63.5 Å². The summed E-state index contributed by atoms with van der Waals surface area (Å²) in [6.07, 6.45) is -11.2. The topological polar surface area (TPSA) is 320 Å². The minimum atomic E-state index is -4.76. The summed E-state index contributed by atoms with van der Waals surface area (Å²) in [6, 6.07) is 50.7. The fourth-order valence-electron chi connectivity index (χ4n) is 13.8. The third kappa shape index (κ3) is 22.8. The second-order valence-corrected chi connectivity index (χ2v) is 30.8. The minimum Gasteiger partial charge on any atom is -0.497 e. The van der Waals surface area contributed by atoms with E-state index < -0.39 is 77.0 Å². The Morgan fingerprint density at radius 1 is 0.322 bits per heavy atom. The highest BCUT2D eigenvalue weighted by molar-refractivity contribution is 6.33. The molecule has 14 heterocycles. The number of imidazole rings is 5. The number of pyridine rings is 2. The maximum absolute atomic E-state index is 14.2. The zero-order chi connectivity index (χ0) is 102. The second kappa shape index (κ2) is 40.6. The van der Waals surface area contributed by atoms with E-state index in [9.17, 15) is 83.4 Å². The molecule has 0 aliphatic carbocycles. The van der Waals surface area contributed by atoms with E-state index >= 15 is 0 Å². The Kier molecular flexibility index (Phi) is 28.0. The Morgan fingerprint density at radius 3 is 1.20 bits per heavy atom. The summed E-state index contributed by atoms with van der Waals surface area (Å²) in [6.45, 7) is 3.85. The number of anilines is 10. The number of para-hydroxylation sites is 2. The molecule has 0 bridgehead atoms. The molecule has 6 aromatic carbocycles. The van der Waals surface area contributed by atoms with Gasteiger partial charge >= 0.3 is 37.1 Å². The van der Waals surface area contributed by atoms with Crippen molar-refractivity contribution in [2.75, 3.05) is 40.8 Å². The number of aromatic nitrogens is 22. The molecule has 50 heteroatoms. The lowest BCUT2D eigenvalue weighted by atomic mass is 10.2. The Balaban J connectivity index is 0.000000128. The number of halogens is 21. The van der Waals surface area contributed by atoms with Crippen molar-refractivity contribution in [3.63, 3.8) is 0 Å². The van der Waals surface area contributed by atoms with E-state index in [4.69, 9.17) is 32.7 Å². The quantitative estimate of drug-likeness (QED) is 0.0529. The predicted octanol–water partition coefficient (Wildman–Crippen LogP) is 24.7. The van der Waals surface area contributed by atoms with Gasteiger partial charge in [0.1, 0.15) is 68.0 Å². The van der Waals surface area contributed by atoms with Crippen molar-refractivity contribution >= 4 is 114 Å². The molecule has 0 unspecified atom stereocenters. The lowest BCUT2D eigenvalue weighted by Gasteiger charge is -2.12. The number of alkyl halides is 18. The molecular weight excluding hydrogens is 1960 g/mol. The summed E-state index contributed by atoms with van der Waals surface area (Å²) < 4.78 is 271. The summed E-state index contributed by atoms with van der Waals surface area (Å²) in [5, 5.41) is 15.1. The number of rotatable bonds is 17. The zero-order valence-corrected chi connectivity index (χ0v) is 74.6. The molecule has 0 amide bonds. The van der Waals surface area contributed by atoms with Gasteiger partial charge in [-0.05, 0) is 159 Å². The van der Waals surface area contributed by atoms with E-state index in [1.165, 1.54) is 143 Å². The van der Waals surface area contributed by atoms with Crippen molar-refractivity contribution in [3.05, 3.63) is 336 Å². The van der Waals surface area contributed by atoms with Crippen LogP contribution in [-0.2, 0) is 37.1 Å². The number of benzene rings is 6. The van der Waals surface area contributed by atoms with Crippen LogP contribution in [0.4, 0.5) is 141 Å². The highest BCUT2D eigenvalue weighted by Gasteiger charge is 2.44. The molecule has 728 valence electrons. The molecule has 0 radical (unpaired) electrons. The van der Waals surface area contributed by atoms with Gasteiger partial charge in [0.2, 0.25) is 11.8 Å². The average molecular weight is 2020 g/mol. The lowest BCUT2D eigenvalue weighted by Crippen LogP contribution is -2.15. The van der Waals surface area contributed by atoms with E-state index in [1.807, 2.05) is 50.2 Å². The van der Waals surface area contributed by atoms with Gasteiger partial charge in [0.05, 0.1) is 60.6 Å². The van der Waals surface area contributed by atoms with Crippen molar-refractivity contribution < 1.29 is 92.9 Å². The van der Waals surface area contributed by atoms with Crippen LogP contribution in [0.3, 0.4) is 0 Å². The van der Waals surface area contributed by atoms with Crippen molar-refractivity contribution in [2.24, 2.45) is 0 Å². The van der Waals surface area contributed by atoms with E-state index in [-0.39, 0.29) is 114 Å². The van der Waals surface area contributed by atoms with Crippen LogP contribution in [0.25, 0.3) is 85.6 Å². The van der Waals surface area contributed by atoms with E-state index in [0.29, 0.717) is 50.9 Å². The third-order valence-corrected chi connectivity index (χ3v) is 20.8. The van der Waals surface area contributed by atoms with Gasteiger partial charge in [-0.1, -0.05) is 82.9 Å². The molecule has 5 N–H and O–H groups in total. The fraction of sp³-hybridized carbons (Fsp3) is 0.108. The first-order valence-corrected chi connectivity index (χ1v) is 42.0. The van der Waals surface area contributed by atoms with Gasteiger partial charge < -0.3 is 36.1 Å². The van der Waals surface area contributed by atoms with Crippen LogP contribution in [0.15, 0.2) is 275 Å². The Morgan fingerprint density at radius 2 is 0.727 bits per heavy atom. The first kappa shape index (κ1) is 98.7. The van der Waals surface area contributed by atoms with Crippen LogP contribution in [0, 0.1) is 19.7 Å². The molecule has 29 nitrogen and oxygen atoms in total. The van der Waals surface area contributed by atoms with Crippen molar-refractivity contribution in [2.45, 2.75) is 50.9 Å². The van der Waals surface area contributed by atoms with Crippen LogP contribution >= 0.6 is 23.2 Å². The summed E-state index contributed by atoms with van der Waals surface area (Å²) in [4.78, 5) is 66.4. The first-order chi connectivity index (χ1) is 68.1. The number of methoxy groups -OCH3 is 2.